The fourth-order valence-electron chi connectivity index (χ4n) is 2.80. The largest absolute Gasteiger partial charge is 0.443 e. The normalized spacial score (nSPS) is 14.7. The quantitative estimate of drug-likeness (QED) is 0.798. The van der Waals surface area contributed by atoms with Gasteiger partial charge in [0.15, 0.2) is 0 Å². The van der Waals surface area contributed by atoms with E-state index in [1.807, 2.05) is 0 Å². The molecule has 1 aliphatic heterocycles. The van der Waals surface area contributed by atoms with Crippen LogP contribution in [0.25, 0.3) is 10.9 Å². The molecule has 1 aromatic carbocycles. The fourth-order valence-corrected chi connectivity index (χ4v) is 2.80. The van der Waals surface area contributed by atoms with Crippen LogP contribution in [0.1, 0.15) is 20.8 Å². The number of nitrogens with zero attached hydrogens (tertiary/aromatic N) is 2. The van der Waals surface area contributed by atoms with Gasteiger partial charge in [0.05, 0.1) is 18.7 Å². The van der Waals surface area contributed by atoms with Crippen LogP contribution >= 0.6 is 0 Å². The molecule has 0 atom stereocenters. The molecule has 27 heavy (non-hydrogen) atoms. The summed E-state index contributed by atoms with van der Waals surface area (Å²) in [6.07, 6.45) is 2.29. The highest BCUT2D eigenvalue weighted by Gasteiger charge is 2.31. The molecule has 0 bridgehead atoms. The molecule has 2 aromatic rings. The van der Waals surface area contributed by atoms with Gasteiger partial charge < -0.3 is 15.2 Å². The number of aliphatic hydroxyl groups excluding tert-OH is 1. The maximum Gasteiger partial charge on any atom is 0.418 e. The van der Waals surface area contributed by atoms with E-state index in [9.17, 15) is 14.4 Å². The summed E-state index contributed by atoms with van der Waals surface area (Å²) in [7, 11) is 0. The number of amides is 2. The van der Waals surface area contributed by atoms with E-state index in [0.717, 1.165) is 4.90 Å². The smallest absolute Gasteiger partial charge is 0.418 e. The Morgan fingerprint density at radius 1 is 1.22 bits per heavy atom. The molecule has 3 rings (SSSR count). The molecular weight excluding hydrogens is 350 g/mol. The van der Waals surface area contributed by atoms with E-state index in [1.165, 1.54) is 10.6 Å². The average Bonchev–Trinajstić information content (AvgIpc) is 3.11. The standard InChI is InChI=1S/C19H21N3O5/c1-19(2,3)27-18(26)21-8-7-12-13(5-4-6-15(12)21)20-14-11-16(24)22(9-10-23)17(14)25/h4-8,11,20,23H,9-10H2,1-3H3. The van der Waals surface area contributed by atoms with Crippen LogP contribution in [0.15, 0.2) is 42.2 Å². The Labute approximate surface area is 156 Å². The minimum atomic E-state index is -0.624. The Kier molecular flexibility index (Phi) is 4.75. The van der Waals surface area contributed by atoms with Crippen molar-refractivity contribution in [3.63, 3.8) is 0 Å². The predicted molar refractivity (Wildman–Crippen MR) is 99.1 cm³/mol. The van der Waals surface area contributed by atoms with E-state index in [1.54, 1.807) is 51.2 Å². The molecule has 0 fully saturated rings. The number of rotatable bonds is 4. The first-order valence-electron chi connectivity index (χ1n) is 8.50. The Morgan fingerprint density at radius 2 is 1.96 bits per heavy atom. The molecule has 8 nitrogen and oxygen atoms in total. The zero-order chi connectivity index (χ0) is 19.8. The summed E-state index contributed by atoms with van der Waals surface area (Å²) >= 11 is 0. The Bertz CT molecular complexity index is 952. The number of carbonyl (C=O) groups is 3. The molecule has 8 heteroatoms. The second kappa shape index (κ2) is 6.88. The van der Waals surface area contributed by atoms with Crippen LogP contribution in [0.2, 0.25) is 0 Å². The number of β-amino-alcohol motifs (C(OH)–C–C–N with tert-alkyl or cyclic N) is 1. The maximum atomic E-state index is 12.4. The van der Waals surface area contributed by atoms with E-state index < -0.39 is 23.5 Å². The van der Waals surface area contributed by atoms with Gasteiger partial charge in [-0.3, -0.25) is 19.1 Å². The van der Waals surface area contributed by atoms with E-state index in [-0.39, 0.29) is 18.8 Å². The van der Waals surface area contributed by atoms with E-state index in [2.05, 4.69) is 5.32 Å². The van der Waals surface area contributed by atoms with Crippen molar-refractivity contribution < 1.29 is 24.2 Å². The van der Waals surface area contributed by atoms with Crippen LogP contribution in [0.4, 0.5) is 10.5 Å². The molecule has 0 aliphatic carbocycles. The Morgan fingerprint density at radius 3 is 2.63 bits per heavy atom. The summed E-state index contributed by atoms with van der Waals surface area (Å²) in [5.74, 6) is -0.979. The average molecular weight is 371 g/mol. The van der Waals surface area contributed by atoms with Crippen molar-refractivity contribution >= 4 is 34.5 Å². The lowest BCUT2D eigenvalue weighted by molar-refractivity contribution is -0.137. The summed E-state index contributed by atoms with van der Waals surface area (Å²) in [6, 6.07) is 6.97. The SMILES string of the molecule is CC(C)(C)OC(=O)n1ccc2c(NC3=CC(=O)N(CCO)C3=O)cccc21. The summed E-state index contributed by atoms with van der Waals surface area (Å²) in [5, 5.41) is 12.6. The van der Waals surface area contributed by atoms with Crippen LogP contribution in [0.5, 0.6) is 0 Å². The first-order chi connectivity index (χ1) is 12.7. The number of aromatic nitrogens is 1. The van der Waals surface area contributed by atoms with Crippen molar-refractivity contribution in [3.8, 4) is 0 Å². The third-order valence-corrected chi connectivity index (χ3v) is 3.93. The Balaban J connectivity index is 1.89. The van der Waals surface area contributed by atoms with Crippen molar-refractivity contribution in [2.75, 3.05) is 18.5 Å². The van der Waals surface area contributed by atoms with Crippen molar-refractivity contribution in [1.82, 2.24) is 9.47 Å². The van der Waals surface area contributed by atoms with Gasteiger partial charge in [-0.25, -0.2) is 4.79 Å². The number of carbonyl (C=O) groups excluding carboxylic acids is 3. The molecule has 0 saturated heterocycles. The van der Waals surface area contributed by atoms with Crippen LogP contribution in [-0.2, 0) is 14.3 Å². The number of anilines is 1. The summed E-state index contributed by atoms with van der Waals surface area (Å²) < 4.78 is 6.79. The molecule has 142 valence electrons. The molecule has 2 N–H and O–H groups in total. The molecule has 1 aliphatic rings. The van der Waals surface area contributed by atoms with Gasteiger partial charge in [0.1, 0.15) is 11.3 Å². The van der Waals surface area contributed by atoms with E-state index >= 15 is 0 Å². The van der Waals surface area contributed by atoms with Gasteiger partial charge in [-0.1, -0.05) is 6.07 Å². The van der Waals surface area contributed by atoms with Crippen molar-refractivity contribution in [2.45, 2.75) is 26.4 Å². The highest BCUT2D eigenvalue weighted by atomic mass is 16.6. The Hall–Kier alpha value is -3.13. The topological polar surface area (TPSA) is 101 Å². The fraction of sp³-hybridized carbons (Fsp3) is 0.316. The minimum absolute atomic E-state index is 0.0570. The maximum absolute atomic E-state index is 12.4. The summed E-state index contributed by atoms with van der Waals surface area (Å²) in [4.78, 5) is 37.5. The van der Waals surface area contributed by atoms with Gasteiger partial charge in [-0.05, 0) is 39.0 Å². The molecule has 1 aromatic heterocycles. The zero-order valence-electron chi connectivity index (χ0n) is 15.4. The second-order valence-corrected chi connectivity index (χ2v) is 7.11. The third-order valence-electron chi connectivity index (χ3n) is 3.93. The zero-order valence-corrected chi connectivity index (χ0v) is 15.4. The number of hydrogen-bond acceptors (Lipinski definition) is 6. The van der Waals surface area contributed by atoms with Crippen LogP contribution in [0, 0.1) is 0 Å². The number of imide groups is 1. The number of benzene rings is 1. The third kappa shape index (κ3) is 3.70. The lowest BCUT2D eigenvalue weighted by Gasteiger charge is -2.19. The highest BCUT2D eigenvalue weighted by Crippen LogP contribution is 2.27. The lowest BCUT2D eigenvalue weighted by Crippen LogP contribution is -2.34. The van der Waals surface area contributed by atoms with Gasteiger partial charge in [-0.15, -0.1) is 0 Å². The summed E-state index contributed by atoms with van der Waals surface area (Å²) in [5.41, 5.74) is 0.680. The molecule has 0 spiro atoms. The molecule has 0 radical (unpaired) electrons. The van der Waals surface area contributed by atoms with Crippen LogP contribution in [0.3, 0.4) is 0 Å². The van der Waals surface area contributed by atoms with Gasteiger partial charge in [0, 0.05) is 23.3 Å². The monoisotopic (exact) mass is 371 g/mol. The first kappa shape index (κ1) is 18.7. The highest BCUT2D eigenvalue weighted by molar-refractivity contribution is 6.18. The second-order valence-electron chi connectivity index (χ2n) is 7.11. The van der Waals surface area contributed by atoms with Crippen LogP contribution in [-0.4, -0.2) is 51.2 Å². The van der Waals surface area contributed by atoms with Crippen molar-refractivity contribution in [3.05, 3.63) is 42.2 Å². The van der Waals surface area contributed by atoms with Gasteiger partial charge >= 0.3 is 6.09 Å². The molecular formula is C19H21N3O5. The number of aliphatic hydroxyl groups is 1. The minimum Gasteiger partial charge on any atom is -0.443 e. The van der Waals surface area contributed by atoms with Crippen molar-refractivity contribution in [2.24, 2.45) is 0 Å². The summed E-state index contributed by atoms with van der Waals surface area (Å²) in [6.45, 7) is 5.01. The number of nitrogens with one attached hydrogen (secondary N) is 1. The number of fused-ring (bicyclic) bond motifs is 1. The first-order valence-corrected chi connectivity index (χ1v) is 8.50. The molecule has 2 amide bonds. The predicted octanol–water partition coefficient (Wildman–Crippen LogP) is 2.08. The molecule has 2 heterocycles. The van der Waals surface area contributed by atoms with Crippen molar-refractivity contribution in [1.29, 1.82) is 0 Å². The number of hydrogen-bond donors (Lipinski definition) is 2. The molecule has 0 saturated carbocycles. The van der Waals surface area contributed by atoms with Gasteiger partial charge in [0.2, 0.25) is 0 Å². The van der Waals surface area contributed by atoms with Gasteiger partial charge in [0.25, 0.3) is 11.8 Å². The lowest BCUT2D eigenvalue weighted by atomic mass is 10.2. The van der Waals surface area contributed by atoms with E-state index in [4.69, 9.17) is 9.84 Å². The van der Waals surface area contributed by atoms with E-state index in [0.29, 0.717) is 16.6 Å². The number of ether oxygens (including phenoxy) is 1. The van der Waals surface area contributed by atoms with Crippen LogP contribution < -0.4 is 5.32 Å². The van der Waals surface area contributed by atoms with Gasteiger partial charge in [-0.2, -0.15) is 0 Å². The molecule has 0 unspecified atom stereocenters.